The highest BCUT2D eigenvalue weighted by Gasteiger charge is 2.45. The van der Waals surface area contributed by atoms with E-state index in [-0.39, 0.29) is 23.7 Å². The second-order valence-corrected chi connectivity index (χ2v) is 9.45. The molecule has 0 unspecified atom stereocenters. The van der Waals surface area contributed by atoms with Gasteiger partial charge < -0.3 is 50.0 Å². The smallest absolute Gasteiger partial charge is 0.338 e. The highest BCUT2D eigenvalue weighted by atomic mass is 16.7. The van der Waals surface area contributed by atoms with E-state index >= 15 is 0 Å². The number of phenolic OH excluding ortho intramolecular Hbond substituents is 3. The average molecular weight is 541 g/mol. The molecule has 1 aromatic rings. The molecule has 0 aromatic heterocycles. The number of esters is 1. The summed E-state index contributed by atoms with van der Waals surface area (Å²) in [5.41, 5.74) is -0.304. The normalized spacial score (nSPS) is 30.4. The molecule has 210 valence electrons. The molecule has 38 heavy (non-hydrogen) atoms. The van der Waals surface area contributed by atoms with Gasteiger partial charge in [-0.3, -0.25) is 9.59 Å². The van der Waals surface area contributed by atoms with Crippen molar-refractivity contribution in [3.63, 3.8) is 0 Å². The topological polar surface area (TPSA) is 221 Å². The van der Waals surface area contributed by atoms with Crippen LogP contribution in [0.4, 0.5) is 0 Å². The summed E-state index contributed by atoms with van der Waals surface area (Å²) in [5.74, 6) is -4.96. The number of rotatable bonds is 10. The Morgan fingerprint density at radius 1 is 1.11 bits per heavy atom. The number of allylic oxidation sites excluding steroid dienone is 1. The zero-order valence-electron chi connectivity index (χ0n) is 20.5. The number of carboxylic acid groups (broad SMARTS) is 1. The monoisotopic (exact) mass is 540 g/mol. The number of aliphatic carboxylic acids is 1. The third-order valence-electron chi connectivity index (χ3n) is 6.68. The van der Waals surface area contributed by atoms with Gasteiger partial charge in [0.25, 0.3) is 0 Å². The molecule has 0 bridgehead atoms. The van der Waals surface area contributed by atoms with Gasteiger partial charge in [0, 0.05) is 18.8 Å². The van der Waals surface area contributed by atoms with Crippen LogP contribution < -0.4 is 0 Å². The van der Waals surface area contributed by atoms with Crippen LogP contribution >= 0.6 is 0 Å². The maximum Gasteiger partial charge on any atom is 0.338 e. The van der Waals surface area contributed by atoms with Crippen LogP contribution in [0.5, 0.6) is 17.2 Å². The highest BCUT2D eigenvalue weighted by molar-refractivity contribution is 5.91. The van der Waals surface area contributed by atoms with Gasteiger partial charge in [-0.2, -0.15) is 0 Å². The number of carbonyl (C=O) groups excluding carboxylic acids is 2. The van der Waals surface area contributed by atoms with E-state index in [1.165, 1.54) is 0 Å². The van der Waals surface area contributed by atoms with Gasteiger partial charge in [0.05, 0.1) is 11.7 Å². The Hall–Kier alpha value is -3.23. The van der Waals surface area contributed by atoms with Crippen LogP contribution in [-0.4, -0.2) is 96.9 Å². The number of aliphatic hydroxyl groups is 3. The van der Waals surface area contributed by atoms with Crippen LogP contribution in [0, 0.1) is 11.8 Å². The summed E-state index contributed by atoms with van der Waals surface area (Å²) in [6.07, 6.45) is -4.05. The number of Topliss-reactive ketones (excluding diaryl/α,β-unsaturated/α-hetero) is 1. The van der Waals surface area contributed by atoms with Crippen LogP contribution in [0.1, 0.15) is 43.0 Å². The van der Waals surface area contributed by atoms with Crippen LogP contribution in [0.2, 0.25) is 0 Å². The lowest BCUT2D eigenvalue weighted by atomic mass is 9.89. The second kappa shape index (κ2) is 12.5. The summed E-state index contributed by atoms with van der Waals surface area (Å²) in [7, 11) is 0. The van der Waals surface area contributed by atoms with Gasteiger partial charge in [0.1, 0.15) is 36.8 Å². The van der Waals surface area contributed by atoms with E-state index < -0.39 is 78.5 Å². The molecule has 1 saturated carbocycles. The first-order chi connectivity index (χ1) is 17.9. The van der Waals surface area contributed by atoms with Gasteiger partial charge in [-0.05, 0) is 37.8 Å². The molecule has 3 rings (SSSR count). The van der Waals surface area contributed by atoms with Crippen molar-refractivity contribution >= 4 is 17.7 Å². The number of aliphatic hydroxyl groups excluding tert-OH is 3. The summed E-state index contributed by atoms with van der Waals surface area (Å²) >= 11 is 0. The van der Waals surface area contributed by atoms with E-state index in [1.807, 2.05) is 0 Å². The first-order valence-electron chi connectivity index (χ1n) is 12.1. The molecule has 0 amide bonds. The van der Waals surface area contributed by atoms with Crippen molar-refractivity contribution in [2.75, 3.05) is 6.61 Å². The minimum absolute atomic E-state index is 0.00716. The average Bonchev–Trinajstić information content (AvgIpc) is 3.19. The van der Waals surface area contributed by atoms with Gasteiger partial charge in [0.2, 0.25) is 0 Å². The van der Waals surface area contributed by atoms with E-state index in [2.05, 4.69) is 0 Å². The maximum atomic E-state index is 12.3. The molecule has 2 aliphatic rings. The zero-order valence-corrected chi connectivity index (χ0v) is 20.5. The molecule has 1 saturated heterocycles. The van der Waals surface area contributed by atoms with Crippen molar-refractivity contribution in [3.8, 4) is 17.2 Å². The molecule has 1 heterocycles. The lowest BCUT2D eigenvalue weighted by molar-refractivity contribution is -0.306. The third kappa shape index (κ3) is 6.99. The summed E-state index contributed by atoms with van der Waals surface area (Å²) < 4.78 is 16.2. The number of ether oxygens (including phenoxy) is 3. The summed E-state index contributed by atoms with van der Waals surface area (Å²) in [5, 5.41) is 68.3. The molecule has 1 aliphatic heterocycles. The first-order valence-corrected chi connectivity index (χ1v) is 12.1. The zero-order chi connectivity index (χ0) is 28.1. The number of carboxylic acids is 1. The number of hydrogen-bond donors (Lipinski definition) is 7. The van der Waals surface area contributed by atoms with Gasteiger partial charge in [-0.1, -0.05) is 12.2 Å². The minimum atomic E-state index is -1.71. The molecule has 1 aromatic carbocycles. The van der Waals surface area contributed by atoms with Crippen molar-refractivity contribution in [1.29, 1.82) is 0 Å². The fourth-order valence-corrected chi connectivity index (χ4v) is 4.57. The van der Waals surface area contributed by atoms with Gasteiger partial charge in [0.15, 0.2) is 23.5 Å². The number of aromatic hydroxyl groups is 3. The van der Waals surface area contributed by atoms with Crippen LogP contribution in [0.25, 0.3) is 0 Å². The van der Waals surface area contributed by atoms with E-state index in [0.717, 1.165) is 12.1 Å². The molecule has 13 nitrogen and oxygen atoms in total. The SMILES string of the molecule is C[C@H](/C=C\C[C@@H]1C(=O)CC[C@H]1CC(=O)O)O[C@@H]1O[C@H](COC(=O)c2cc(O)c(O)c(O)c2)[C@@H](O)[C@H](O)[C@H]1O. The van der Waals surface area contributed by atoms with Crippen molar-refractivity contribution in [2.45, 2.75) is 69.4 Å². The highest BCUT2D eigenvalue weighted by Crippen LogP contribution is 2.36. The van der Waals surface area contributed by atoms with Crippen LogP contribution in [-0.2, 0) is 23.8 Å². The first kappa shape index (κ1) is 29.3. The number of benzene rings is 1. The van der Waals surface area contributed by atoms with Gasteiger partial charge in [-0.25, -0.2) is 4.79 Å². The largest absolute Gasteiger partial charge is 0.504 e. The van der Waals surface area contributed by atoms with E-state index in [0.29, 0.717) is 19.3 Å². The molecule has 13 heteroatoms. The summed E-state index contributed by atoms with van der Waals surface area (Å²) in [6.45, 7) is 1.01. The van der Waals surface area contributed by atoms with Gasteiger partial charge >= 0.3 is 11.9 Å². The van der Waals surface area contributed by atoms with Gasteiger partial charge in [-0.15, -0.1) is 0 Å². The Labute approximate surface area is 217 Å². The Bertz CT molecular complexity index is 1030. The third-order valence-corrected chi connectivity index (χ3v) is 6.68. The fourth-order valence-electron chi connectivity index (χ4n) is 4.57. The maximum absolute atomic E-state index is 12.3. The Morgan fingerprint density at radius 2 is 1.76 bits per heavy atom. The molecule has 0 spiro atoms. The van der Waals surface area contributed by atoms with Crippen molar-refractivity contribution in [3.05, 3.63) is 29.8 Å². The molecule has 7 N–H and O–H groups in total. The minimum Gasteiger partial charge on any atom is -0.504 e. The summed E-state index contributed by atoms with van der Waals surface area (Å²) in [6, 6.07) is 1.72. The molecular weight excluding hydrogens is 508 g/mol. The van der Waals surface area contributed by atoms with E-state index in [4.69, 9.17) is 19.3 Å². The van der Waals surface area contributed by atoms with Crippen molar-refractivity contribution < 1.29 is 64.3 Å². The summed E-state index contributed by atoms with van der Waals surface area (Å²) in [4.78, 5) is 35.4. The lowest BCUT2D eigenvalue weighted by Crippen LogP contribution is -2.59. The predicted octanol–water partition coefficient (Wildman–Crippen LogP) is 0.189. The van der Waals surface area contributed by atoms with Crippen LogP contribution in [0.15, 0.2) is 24.3 Å². The Kier molecular flexibility index (Phi) is 9.68. The van der Waals surface area contributed by atoms with Crippen molar-refractivity contribution in [1.82, 2.24) is 0 Å². The van der Waals surface area contributed by atoms with E-state index in [1.54, 1.807) is 19.1 Å². The fraction of sp³-hybridized carbons (Fsp3) is 0.560. The Balaban J connectivity index is 1.56. The molecular formula is C25H32O13. The number of phenols is 3. The number of hydrogen-bond acceptors (Lipinski definition) is 12. The molecule has 8 atom stereocenters. The molecule has 0 radical (unpaired) electrons. The van der Waals surface area contributed by atoms with Crippen LogP contribution in [0.3, 0.4) is 0 Å². The molecule has 2 fully saturated rings. The Morgan fingerprint density at radius 3 is 2.39 bits per heavy atom. The van der Waals surface area contributed by atoms with Crippen molar-refractivity contribution in [2.24, 2.45) is 11.8 Å². The standard InChI is InChI=1S/C25H32O13/c1-11(3-2-4-14-12(9-19(29)30)5-6-15(14)26)37-25-23(34)22(33)21(32)18(38-25)10-36-24(35)13-7-16(27)20(31)17(28)8-13/h2-3,7-8,11-12,14,18,21-23,25,27-28,31-34H,4-6,9-10H2,1H3,(H,29,30)/b3-2-/t11-,12+,14+,18-,21-,22+,23-,25-/m1/s1. The number of carbonyl (C=O) groups is 3. The molecule has 1 aliphatic carbocycles. The number of ketones is 1. The quantitative estimate of drug-likeness (QED) is 0.120. The van der Waals surface area contributed by atoms with E-state index in [9.17, 15) is 45.0 Å². The second-order valence-electron chi connectivity index (χ2n) is 9.45. The lowest BCUT2D eigenvalue weighted by Gasteiger charge is -2.40. The predicted molar refractivity (Wildman–Crippen MR) is 126 cm³/mol.